The molecule has 0 saturated carbocycles. The molecule has 3 N–H and O–H groups in total. The molecule has 5 nitrogen and oxygen atoms in total. The lowest BCUT2D eigenvalue weighted by atomic mass is 9.70. The number of benzene rings is 2. The van der Waals surface area contributed by atoms with Crippen molar-refractivity contribution in [1.82, 2.24) is 15.3 Å². The van der Waals surface area contributed by atoms with Crippen molar-refractivity contribution < 1.29 is 9.84 Å². The molecule has 32 heavy (non-hydrogen) atoms. The summed E-state index contributed by atoms with van der Waals surface area (Å²) in [5.74, 6) is 4.48. The van der Waals surface area contributed by atoms with Gasteiger partial charge in [-0.25, -0.2) is 4.98 Å². The predicted molar refractivity (Wildman–Crippen MR) is 130 cm³/mol. The number of ether oxygens (including phenoxy) is 1. The molecule has 0 radical (unpaired) electrons. The van der Waals surface area contributed by atoms with Crippen LogP contribution in [0.1, 0.15) is 38.6 Å². The molecule has 0 amide bonds. The molecule has 1 aliphatic rings. The zero-order chi connectivity index (χ0) is 22.7. The molecular weight excluding hydrogens is 398 g/mol. The minimum atomic E-state index is 0.360. The van der Waals surface area contributed by atoms with Crippen LogP contribution in [0.15, 0.2) is 54.1 Å². The second-order valence-corrected chi connectivity index (χ2v) is 9.45. The second-order valence-electron chi connectivity index (χ2n) is 9.45. The Morgan fingerprint density at radius 2 is 2.03 bits per heavy atom. The molecule has 0 spiro atoms. The molecule has 1 aromatic heterocycles. The summed E-state index contributed by atoms with van der Waals surface area (Å²) in [5, 5.41) is 13.6. The first-order valence-corrected chi connectivity index (χ1v) is 11.6. The maximum absolute atomic E-state index is 10.0. The number of hydrogen-bond acceptors (Lipinski definition) is 4. The third-order valence-electron chi connectivity index (χ3n) is 6.95. The van der Waals surface area contributed by atoms with Crippen molar-refractivity contribution in [2.24, 2.45) is 23.7 Å². The summed E-state index contributed by atoms with van der Waals surface area (Å²) in [6.07, 6.45) is 4.58. The van der Waals surface area contributed by atoms with Crippen LogP contribution in [0.3, 0.4) is 0 Å². The van der Waals surface area contributed by atoms with Crippen molar-refractivity contribution in [2.75, 3.05) is 13.7 Å². The maximum atomic E-state index is 10.0. The van der Waals surface area contributed by atoms with E-state index in [1.165, 1.54) is 12.0 Å². The highest BCUT2D eigenvalue weighted by molar-refractivity contribution is 5.76. The Morgan fingerprint density at radius 3 is 2.78 bits per heavy atom. The minimum absolute atomic E-state index is 0.360. The molecule has 0 saturated heterocycles. The highest BCUT2D eigenvalue weighted by atomic mass is 16.5. The summed E-state index contributed by atoms with van der Waals surface area (Å²) in [5.41, 5.74) is 4.42. The largest absolute Gasteiger partial charge is 0.508 e. The third-order valence-corrected chi connectivity index (χ3v) is 6.95. The molecule has 5 heteroatoms. The first kappa shape index (κ1) is 22.4. The van der Waals surface area contributed by atoms with Gasteiger partial charge >= 0.3 is 0 Å². The Kier molecular flexibility index (Phi) is 6.85. The summed E-state index contributed by atoms with van der Waals surface area (Å²) >= 11 is 0. The van der Waals surface area contributed by atoms with E-state index in [1.807, 2.05) is 36.4 Å². The van der Waals surface area contributed by atoms with Crippen molar-refractivity contribution >= 4 is 11.0 Å². The fourth-order valence-corrected chi connectivity index (χ4v) is 5.04. The normalized spacial score (nSPS) is 21.2. The summed E-state index contributed by atoms with van der Waals surface area (Å²) in [4.78, 5) is 8.32. The Labute approximate surface area is 190 Å². The monoisotopic (exact) mass is 433 g/mol. The summed E-state index contributed by atoms with van der Waals surface area (Å²) in [6, 6.07) is 13.5. The van der Waals surface area contributed by atoms with Crippen LogP contribution in [-0.4, -0.2) is 28.7 Å². The van der Waals surface area contributed by atoms with Crippen LogP contribution in [-0.2, 0) is 13.0 Å². The molecule has 0 bridgehead atoms. The van der Waals surface area contributed by atoms with Gasteiger partial charge in [0.05, 0.1) is 18.1 Å². The fourth-order valence-electron chi connectivity index (χ4n) is 5.04. The number of nitrogens with zero attached hydrogens (tertiary/aromatic N) is 1. The van der Waals surface area contributed by atoms with E-state index in [2.05, 4.69) is 37.1 Å². The lowest BCUT2D eigenvalue weighted by Crippen LogP contribution is -2.34. The molecule has 0 aliphatic heterocycles. The third kappa shape index (κ3) is 4.99. The van der Waals surface area contributed by atoms with E-state index in [4.69, 9.17) is 9.72 Å². The minimum Gasteiger partial charge on any atom is -0.508 e. The van der Waals surface area contributed by atoms with Gasteiger partial charge in [-0.1, -0.05) is 43.7 Å². The number of para-hydroxylation sites is 1. The molecule has 1 aliphatic carbocycles. The standard InChI is InChI=1S/C27H35N3O2/c1-17(2)23-12-20(13-27-29-24-10-9-22(32-4)14-25(24)30-27)18(3)11-21(23)16-28-15-19-7-5-6-8-26(19)31/h5-11,14,17,20-21,23,28,31H,12-13,15-16H2,1-4H3,(H,29,30). The fraction of sp³-hybridized carbons (Fsp3) is 0.444. The number of imidazole rings is 1. The smallest absolute Gasteiger partial charge is 0.121 e. The van der Waals surface area contributed by atoms with E-state index in [-0.39, 0.29) is 0 Å². The van der Waals surface area contributed by atoms with Crippen LogP contribution in [0.2, 0.25) is 0 Å². The lowest BCUT2D eigenvalue weighted by Gasteiger charge is -2.37. The lowest BCUT2D eigenvalue weighted by molar-refractivity contribution is 0.221. The quantitative estimate of drug-likeness (QED) is 0.412. The van der Waals surface area contributed by atoms with Gasteiger partial charge in [-0.05, 0) is 55.2 Å². The summed E-state index contributed by atoms with van der Waals surface area (Å²) in [7, 11) is 1.69. The van der Waals surface area contributed by atoms with E-state index in [0.29, 0.717) is 36.0 Å². The van der Waals surface area contributed by atoms with Crippen LogP contribution < -0.4 is 10.1 Å². The number of fused-ring (bicyclic) bond motifs is 1. The van der Waals surface area contributed by atoms with Gasteiger partial charge in [0.25, 0.3) is 0 Å². The number of hydrogen-bond donors (Lipinski definition) is 3. The topological polar surface area (TPSA) is 70.2 Å². The first-order valence-electron chi connectivity index (χ1n) is 11.6. The van der Waals surface area contributed by atoms with Crippen LogP contribution in [0.4, 0.5) is 0 Å². The molecular formula is C27H35N3O2. The van der Waals surface area contributed by atoms with Gasteiger partial charge in [0, 0.05) is 31.1 Å². The van der Waals surface area contributed by atoms with Crippen LogP contribution in [0.5, 0.6) is 11.5 Å². The molecule has 3 aromatic rings. The molecule has 3 atom stereocenters. The van der Waals surface area contributed by atoms with Crippen LogP contribution in [0, 0.1) is 23.7 Å². The Morgan fingerprint density at radius 1 is 1.22 bits per heavy atom. The number of nitrogens with one attached hydrogen (secondary N) is 2. The van der Waals surface area contributed by atoms with E-state index in [1.54, 1.807) is 13.2 Å². The second kappa shape index (κ2) is 9.78. The van der Waals surface area contributed by atoms with Crippen molar-refractivity contribution in [3.05, 3.63) is 65.5 Å². The molecule has 2 aromatic carbocycles. The van der Waals surface area contributed by atoms with E-state index < -0.39 is 0 Å². The van der Waals surface area contributed by atoms with Gasteiger partial charge in [-0.2, -0.15) is 0 Å². The van der Waals surface area contributed by atoms with Gasteiger partial charge in [-0.15, -0.1) is 0 Å². The predicted octanol–water partition coefficient (Wildman–Crippen LogP) is 5.46. The van der Waals surface area contributed by atoms with Crippen molar-refractivity contribution in [3.8, 4) is 11.5 Å². The Bertz CT molecular complexity index is 1090. The summed E-state index contributed by atoms with van der Waals surface area (Å²) in [6.45, 7) is 8.54. The van der Waals surface area contributed by atoms with Gasteiger partial charge in [0.15, 0.2) is 0 Å². The van der Waals surface area contributed by atoms with Gasteiger partial charge in [0.2, 0.25) is 0 Å². The van der Waals surface area contributed by atoms with E-state index in [9.17, 15) is 5.11 Å². The van der Waals surface area contributed by atoms with E-state index >= 15 is 0 Å². The number of phenolic OH excluding ortho intramolecular Hbond substituents is 1. The molecule has 0 fully saturated rings. The number of aromatic hydroxyl groups is 1. The Hall–Kier alpha value is -2.79. The van der Waals surface area contributed by atoms with Crippen LogP contribution >= 0.6 is 0 Å². The molecule has 1 heterocycles. The average molecular weight is 434 g/mol. The first-order chi connectivity index (χ1) is 15.4. The van der Waals surface area contributed by atoms with Gasteiger partial charge < -0.3 is 20.1 Å². The van der Waals surface area contributed by atoms with E-state index in [0.717, 1.165) is 41.1 Å². The molecule has 4 rings (SSSR count). The number of aromatic nitrogens is 2. The highest BCUT2D eigenvalue weighted by Crippen LogP contribution is 2.38. The number of H-pyrrole nitrogens is 1. The highest BCUT2D eigenvalue weighted by Gasteiger charge is 2.31. The van der Waals surface area contributed by atoms with Gasteiger partial charge in [0.1, 0.15) is 17.3 Å². The summed E-state index contributed by atoms with van der Waals surface area (Å²) < 4.78 is 5.34. The molecule has 170 valence electrons. The zero-order valence-electron chi connectivity index (χ0n) is 19.6. The number of phenols is 1. The number of aromatic amines is 1. The Balaban J connectivity index is 1.44. The van der Waals surface area contributed by atoms with Crippen molar-refractivity contribution in [1.29, 1.82) is 0 Å². The van der Waals surface area contributed by atoms with Crippen molar-refractivity contribution in [2.45, 2.75) is 40.2 Å². The van der Waals surface area contributed by atoms with Crippen molar-refractivity contribution in [3.63, 3.8) is 0 Å². The number of rotatable bonds is 8. The number of allylic oxidation sites excluding steroid dienone is 1. The molecule has 3 unspecified atom stereocenters. The van der Waals surface area contributed by atoms with Crippen LogP contribution in [0.25, 0.3) is 11.0 Å². The zero-order valence-corrected chi connectivity index (χ0v) is 19.6. The average Bonchev–Trinajstić information content (AvgIpc) is 3.18. The maximum Gasteiger partial charge on any atom is 0.121 e. The van der Waals surface area contributed by atoms with Gasteiger partial charge in [-0.3, -0.25) is 0 Å². The number of methoxy groups -OCH3 is 1. The SMILES string of the molecule is COc1ccc2nc(CC3CC(C(C)C)C(CNCc4ccccc4O)C=C3C)[nH]c2c1.